The van der Waals surface area contributed by atoms with Gasteiger partial charge in [0, 0.05) is 19.5 Å². The van der Waals surface area contributed by atoms with Crippen molar-refractivity contribution >= 4 is 33.4 Å². The highest BCUT2D eigenvalue weighted by atomic mass is 35.5. The predicted octanol–water partition coefficient (Wildman–Crippen LogP) is 5.02. The van der Waals surface area contributed by atoms with E-state index in [9.17, 15) is 22.4 Å². The Hall–Kier alpha value is -1.71. The molecule has 1 saturated carbocycles. The van der Waals surface area contributed by atoms with E-state index in [-0.39, 0.29) is 41.3 Å². The van der Waals surface area contributed by atoms with Gasteiger partial charge in [-0.05, 0) is 49.3 Å². The summed E-state index contributed by atoms with van der Waals surface area (Å²) in [6.45, 7) is 4.14. The number of nitrogens with zero attached hydrogens (tertiary/aromatic N) is 1. The van der Waals surface area contributed by atoms with Gasteiger partial charge in [-0.15, -0.1) is 0 Å². The maximum Gasteiger partial charge on any atom is 0.242 e. The van der Waals surface area contributed by atoms with E-state index in [1.807, 2.05) is 13.8 Å². The molecule has 0 saturated heterocycles. The minimum Gasteiger partial charge on any atom is -0.368 e. The van der Waals surface area contributed by atoms with Gasteiger partial charge in [-0.2, -0.15) is 0 Å². The minimum absolute atomic E-state index is 0.0225. The van der Waals surface area contributed by atoms with E-state index in [1.54, 1.807) is 0 Å². The first-order chi connectivity index (χ1) is 17.0. The number of carbonyl (C=O) groups excluding carboxylic acids is 2. The smallest absolute Gasteiger partial charge is 0.242 e. The topological polar surface area (TPSA) is 110 Å². The molecule has 36 heavy (non-hydrogen) atoms. The van der Waals surface area contributed by atoms with Crippen LogP contribution in [0.1, 0.15) is 84.5 Å². The van der Waals surface area contributed by atoms with Gasteiger partial charge < -0.3 is 10.6 Å². The number of primary amides is 1. The molecular formula is C26H41ClFN3O4S. The van der Waals surface area contributed by atoms with Crippen LogP contribution in [0.2, 0.25) is 5.02 Å². The summed E-state index contributed by atoms with van der Waals surface area (Å²) in [4.78, 5) is 26.7. The normalized spacial score (nSPS) is 15.7. The molecule has 7 nitrogen and oxygen atoms in total. The zero-order valence-electron chi connectivity index (χ0n) is 21.5. The maximum absolute atomic E-state index is 13.3. The van der Waals surface area contributed by atoms with E-state index in [2.05, 4.69) is 4.72 Å². The quantitative estimate of drug-likeness (QED) is 0.302. The number of amides is 2. The van der Waals surface area contributed by atoms with Gasteiger partial charge in [0.1, 0.15) is 16.8 Å². The molecular weight excluding hydrogens is 505 g/mol. The average molecular weight is 546 g/mol. The molecule has 0 aliphatic heterocycles. The van der Waals surface area contributed by atoms with E-state index < -0.39 is 27.8 Å². The molecule has 1 aromatic carbocycles. The second kappa shape index (κ2) is 14.9. The number of hydrogen-bond donors (Lipinski definition) is 2. The number of nitrogens with two attached hydrogens (primary N) is 1. The van der Waals surface area contributed by atoms with Crippen LogP contribution >= 0.6 is 11.6 Å². The fraction of sp³-hybridized carbons (Fsp3) is 0.692. The van der Waals surface area contributed by atoms with Crippen molar-refractivity contribution in [3.63, 3.8) is 0 Å². The number of carbonyl (C=O) groups is 2. The summed E-state index contributed by atoms with van der Waals surface area (Å²) in [5.41, 5.74) is 5.66. The lowest BCUT2D eigenvalue weighted by Crippen LogP contribution is -2.49. The first kappa shape index (κ1) is 30.5. The zero-order chi connectivity index (χ0) is 26.7. The van der Waals surface area contributed by atoms with Crippen molar-refractivity contribution in [2.45, 2.75) is 95.4 Å². The van der Waals surface area contributed by atoms with Gasteiger partial charge in [-0.1, -0.05) is 70.4 Å². The molecule has 3 N–H and O–H groups in total. The van der Waals surface area contributed by atoms with Crippen molar-refractivity contribution in [2.24, 2.45) is 17.6 Å². The van der Waals surface area contributed by atoms with Crippen molar-refractivity contribution < 1.29 is 22.4 Å². The number of benzene rings is 1. The van der Waals surface area contributed by atoms with Crippen molar-refractivity contribution in [3.8, 4) is 0 Å². The van der Waals surface area contributed by atoms with Crippen molar-refractivity contribution in [2.75, 3.05) is 13.1 Å². The molecule has 2 amide bonds. The average Bonchev–Trinajstić information content (AvgIpc) is 2.80. The van der Waals surface area contributed by atoms with Gasteiger partial charge in [-0.3, -0.25) is 9.59 Å². The molecule has 10 heteroatoms. The standard InChI is InChI=1S/C26H41ClFN3O4S/c1-19(2)17-23(26(29)33)31(25(32)12-7-6-11-20-9-4-3-5-10-20)16-8-15-30-36(34,35)24-14-13-21(28)18-22(24)27/h13-14,18-20,23,30H,3-12,15-17H2,1-2H3,(H2,29,33). The molecule has 0 bridgehead atoms. The first-order valence-electron chi connectivity index (χ1n) is 13.0. The Morgan fingerprint density at radius 1 is 1.17 bits per heavy atom. The fourth-order valence-corrected chi connectivity index (χ4v) is 6.46. The Bertz CT molecular complexity index is 968. The van der Waals surface area contributed by atoms with Gasteiger partial charge in [0.15, 0.2) is 0 Å². The van der Waals surface area contributed by atoms with Crippen LogP contribution in [0, 0.1) is 17.7 Å². The van der Waals surface area contributed by atoms with E-state index in [0.29, 0.717) is 12.8 Å². The SMILES string of the molecule is CC(C)CC(C(N)=O)N(CCCNS(=O)(=O)c1ccc(F)cc1Cl)C(=O)CCCCC1CCCCC1. The third-order valence-corrected chi connectivity index (χ3v) is 8.69. The zero-order valence-corrected chi connectivity index (χ0v) is 23.1. The number of rotatable bonds is 15. The highest BCUT2D eigenvalue weighted by Gasteiger charge is 2.28. The summed E-state index contributed by atoms with van der Waals surface area (Å²) in [6, 6.07) is 2.33. The molecule has 0 radical (unpaired) electrons. The van der Waals surface area contributed by atoms with E-state index in [1.165, 1.54) is 37.0 Å². The molecule has 2 rings (SSSR count). The first-order valence-corrected chi connectivity index (χ1v) is 14.9. The third-order valence-electron chi connectivity index (χ3n) is 6.75. The van der Waals surface area contributed by atoms with Gasteiger partial charge in [0.25, 0.3) is 0 Å². The maximum atomic E-state index is 13.3. The summed E-state index contributed by atoms with van der Waals surface area (Å²) in [6.07, 6.45) is 10.4. The van der Waals surface area contributed by atoms with Crippen LogP contribution in [0.3, 0.4) is 0 Å². The Morgan fingerprint density at radius 3 is 2.47 bits per heavy atom. The van der Waals surface area contributed by atoms with Crippen molar-refractivity contribution in [1.29, 1.82) is 0 Å². The fourth-order valence-electron chi connectivity index (χ4n) is 4.85. The van der Waals surface area contributed by atoms with Gasteiger partial charge in [-0.25, -0.2) is 17.5 Å². The van der Waals surface area contributed by atoms with Crippen LogP contribution in [0.4, 0.5) is 4.39 Å². The van der Waals surface area contributed by atoms with Crippen LogP contribution in [-0.2, 0) is 19.6 Å². The minimum atomic E-state index is -3.95. The van der Waals surface area contributed by atoms with Crippen LogP contribution in [0.25, 0.3) is 0 Å². The molecule has 0 spiro atoms. The van der Waals surface area contributed by atoms with Crippen LogP contribution in [-0.4, -0.2) is 44.3 Å². The number of nitrogens with one attached hydrogen (secondary N) is 1. The second-order valence-electron chi connectivity index (χ2n) is 10.2. The lowest BCUT2D eigenvalue weighted by molar-refractivity contribution is -0.140. The van der Waals surface area contributed by atoms with Crippen molar-refractivity contribution in [3.05, 3.63) is 29.0 Å². The lowest BCUT2D eigenvalue weighted by Gasteiger charge is -2.31. The lowest BCUT2D eigenvalue weighted by atomic mass is 9.85. The summed E-state index contributed by atoms with van der Waals surface area (Å²) in [5.74, 6) is -0.407. The molecule has 1 aliphatic rings. The van der Waals surface area contributed by atoms with Gasteiger partial charge >= 0.3 is 0 Å². The summed E-state index contributed by atoms with van der Waals surface area (Å²) in [7, 11) is -3.95. The van der Waals surface area contributed by atoms with E-state index in [4.69, 9.17) is 17.3 Å². The Balaban J connectivity index is 1.95. The highest BCUT2D eigenvalue weighted by Crippen LogP contribution is 2.28. The largest absolute Gasteiger partial charge is 0.368 e. The highest BCUT2D eigenvalue weighted by molar-refractivity contribution is 7.89. The van der Waals surface area contributed by atoms with Crippen LogP contribution in [0.15, 0.2) is 23.1 Å². The van der Waals surface area contributed by atoms with E-state index >= 15 is 0 Å². The Morgan fingerprint density at radius 2 is 1.86 bits per heavy atom. The van der Waals surface area contributed by atoms with Crippen molar-refractivity contribution in [1.82, 2.24) is 9.62 Å². The van der Waals surface area contributed by atoms with Gasteiger partial charge in [0.05, 0.1) is 5.02 Å². The van der Waals surface area contributed by atoms with Crippen LogP contribution in [0.5, 0.6) is 0 Å². The summed E-state index contributed by atoms with van der Waals surface area (Å²) >= 11 is 5.89. The number of hydrogen-bond acceptors (Lipinski definition) is 4. The number of halogens is 2. The number of unbranched alkanes of at least 4 members (excludes halogenated alkanes) is 1. The molecule has 0 aromatic heterocycles. The molecule has 1 aliphatic carbocycles. The summed E-state index contributed by atoms with van der Waals surface area (Å²) in [5, 5.41) is -0.210. The molecule has 1 unspecified atom stereocenters. The molecule has 0 heterocycles. The molecule has 204 valence electrons. The monoisotopic (exact) mass is 545 g/mol. The molecule has 1 aromatic rings. The van der Waals surface area contributed by atoms with Gasteiger partial charge in [0.2, 0.25) is 21.8 Å². The van der Waals surface area contributed by atoms with E-state index in [0.717, 1.165) is 43.4 Å². The number of sulfonamides is 1. The van der Waals surface area contributed by atoms with Crippen LogP contribution < -0.4 is 10.5 Å². The molecule has 1 fully saturated rings. The Labute approximate surface area is 220 Å². The predicted molar refractivity (Wildman–Crippen MR) is 140 cm³/mol. The molecule has 1 atom stereocenters. The third kappa shape index (κ3) is 9.98. The second-order valence-corrected chi connectivity index (χ2v) is 12.4. The Kier molecular flexibility index (Phi) is 12.6. The summed E-state index contributed by atoms with van der Waals surface area (Å²) < 4.78 is 40.8.